The van der Waals surface area contributed by atoms with Gasteiger partial charge in [0.25, 0.3) is 0 Å². The molecule has 13 heavy (non-hydrogen) atoms. The molecule has 0 heterocycles. The van der Waals surface area contributed by atoms with Crippen molar-refractivity contribution in [2.24, 2.45) is 11.8 Å². The Kier molecular flexibility index (Phi) is 5.45. The zero-order valence-corrected chi connectivity index (χ0v) is 9.31. The van der Waals surface area contributed by atoms with Gasteiger partial charge in [0.2, 0.25) is 0 Å². The molecule has 0 aromatic heterocycles. The Morgan fingerprint density at radius 3 is 2.69 bits per heavy atom. The van der Waals surface area contributed by atoms with Crippen molar-refractivity contribution in [3.05, 3.63) is 0 Å². The van der Waals surface area contributed by atoms with Gasteiger partial charge in [-0.2, -0.15) is 0 Å². The molecule has 1 saturated carbocycles. The molecule has 0 saturated heterocycles. The van der Waals surface area contributed by atoms with Gasteiger partial charge in [0.15, 0.2) is 0 Å². The summed E-state index contributed by atoms with van der Waals surface area (Å²) in [4.78, 5) is 0. The van der Waals surface area contributed by atoms with Gasteiger partial charge in [0, 0.05) is 0 Å². The molecule has 1 aliphatic carbocycles. The molecule has 2 atom stereocenters. The van der Waals surface area contributed by atoms with E-state index in [1.54, 1.807) is 0 Å². The summed E-state index contributed by atoms with van der Waals surface area (Å²) in [5.41, 5.74) is 0. The lowest BCUT2D eigenvalue weighted by Crippen LogP contribution is -2.27. The summed E-state index contributed by atoms with van der Waals surface area (Å²) in [5.74, 6) is 1.90. The van der Waals surface area contributed by atoms with Crippen LogP contribution in [-0.4, -0.2) is 13.1 Å². The Morgan fingerprint density at radius 2 is 1.92 bits per heavy atom. The molecule has 0 aromatic rings. The Labute approximate surface area is 83.3 Å². The molecule has 0 amide bonds. The highest BCUT2D eigenvalue weighted by molar-refractivity contribution is 4.72. The van der Waals surface area contributed by atoms with E-state index in [0.717, 1.165) is 11.8 Å². The SMILES string of the molecule is CCCNCC1CCCCCC1C. The van der Waals surface area contributed by atoms with Crippen LogP contribution in [0.25, 0.3) is 0 Å². The first-order chi connectivity index (χ1) is 6.34. The van der Waals surface area contributed by atoms with E-state index in [1.165, 1.54) is 51.6 Å². The highest BCUT2D eigenvalue weighted by Crippen LogP contribution is 2.27. The maximum atomic E-state index is 3.56. The van der Waals surface area contributed by atoms with Crippen molar-refractivity contribution in [2.45, 2.75) is 52.4 Å². The van der Waals surface area contributed by atoms with E-state index in [1.807, 2.05) is 0 Å². The largest absolute Gasteiger partial charge is 0.316 e. The predicted molar refractivity (Wildman–Crippen MR) is 58.9 cm³/mol. The van der Waals surface area contributed by atoms with Gasteiger partial charge in [0.05, 0.1) is 0 Å². The summed E-state index contributed by atoms with van der Waals surface area (Å²) in [7, 11) is 0. The standard InChI is InChI=1S/C12H25N/c1-3-9-13-10-12-8-6-4-5-7-11(12)2/h11-13H,3-10H2,1-2H3. The molecule has 1 nitrogen and oxygen atoms in total. The highest BCUT2D eigenvalue weighted by atomic mass is 14.9. The van der Waals surface area contributed by atoms with Crippen LogP contribution in [0.5, 0.6) is 0 Å². The van der Waals surface area contributed by atoms with Gasteiger partial charge in [-0.1, -0.05) is 39.5 Å². The number of nitrogens with one attached hydrogen (secondary N) is 1. The van der Waals surface area contributed by atoms with Gasteiger partial charge in [-0.25, -0.2) is 0 Å². The number of rotatable bonds is 4. The molecule has 0 radical (unpaired) electrons. The third kappa shape index (κ3) is 4.12. The zero-order valence-electron chi connectivity index (χ0n) is 9.31. The minimum absolute atomic E-state index is 0.951. The van der Waals surface area contributed by atoms with E-state index in [4.69, 9.17) is 0 Å². The molecular weight excluding hydrogens is 158 g/mol. The van der Waals surface area contributed by atoms with E-state index in [0.29, 0.717) is 0 Å². The molecule has 1 rings (SSSR count). The van der Waals surface area contributed by atoms with Crippen molar-refractivity contribution < 1.29 is 0 Å². The zero-order chi connectivity index (χ0) is 9.52. The highest BCUT2D eigenvalue weighted by Gasteiger charge is 2.18. The van der Waals surface area contributed by atoms with E-state index in [-0.39, 0.29) is 0 Å². The van der Waals surface area contributed by atoms with Crippen LogP contribution in [0.2, 0.25) is 0 Å². The second-order valence-electron chi connectivity index (χ2n) is 4.58. The van der Waals surface area contributed by atoms with Gasteiger partial charge in [-0.15, -0.1) is 0 Å². The molecule has 0 aliphatic heterocycles. The van der Waals surface area contributed by atoms with Gasteiger partial charge in [-0.05, 0) is 37.8 Å². The van der Waals surface area contributed by atoms with Gasteiger partial charge < -0.3 is 5.32 Å². The van der Waals surface area contributed by atoms with Crippen molar-refractivity contribution in [3.8, 4) is 0 Å². The van der Waals surface area contributed by atoms with Crippen LogP contribution in [0, 0.1) is 11.8 Å². The summed E-state index contributed by atoms with van der Waals surface area (Å²) in [6.07, 6.45) is 8.57. The molecule has 2 unspecified atom stereocenters. The van der Waals surface area contributed by atoms with Gasteiger partial charge >= 0.3 is 0 Å². The fraction of sp³-hybridized carbons (Fsp3) is 1.00. The minimum Gasteiger partial charge on any atom is -0.316 e. The molecule has 1 heteroatoms. The van der Waals surface area contributed by atoms with Gasteiger partial charge in [0.1, 0.15) is 0 Å². The first-order valence-electron chi connectivity index (χ1n) is 6.05. The molecule has 78 valence electrons. The van der Waals surface area contributed by atoms with Crippen LogP contribution in [0.1, 0.15) is 52.4 Å². The Bertz CT molecular complexity index is 122. The van der Waals surface area contributed by atoms with Crippen molar-refractivity contribution in [1.29, 1.82) is 0 Å². The fourth-order valence-corrected chi connectivity index (χ4v) is 2.34. The molecule has 1 aliphatic rings. The smallest absolute Gasteiger partial charge is 0.00180 e. The number of hydrogen-bond acceptors (Lipinski definition) is 1. The van der Waals surface area contributed by atoms with Crippen molar-refractivity contribution in [2.75, 3.05) is 13.1 Å². The second kappa shape index (κ2) is 6.42. The van der Waals surface area contributed by atoms with Crippen LogP contribution in [0.15, 0.2) is 0 Å². The summed E-state index contributed by atoms with van der Waals surface area (Å²) < 4.78 is 0. The van der Waals surface area contributed by atoms with E-state index < -0.39 is 0 Å². The summed E-state index contributed by atoms with van der Waals surface area (Å²) in [6, 6.07) is 0. The van der Waals surface area contributed by atoms with Crippen LogP contribution in [-0.2, 0) is 0 Å². The third-order valence-electron chi connectivity index (χ3n) is 3.37. The van der Waals surface area contributed by atoms with E-state index in [2.05, 4.69) is 19.2 Å². The average Bonchev–Trinajstić information content (AvgIpc) is 2.32. The molecule has 1 fully saturated rings. The van der Waals surface area contributed by atoms with E-state index in [9.17, 15) is 0 Å². The van der Waals surface area contributed by atoms with Crippen molar-refractivity contribution in [1.82, 2.24) is 5.32 Å². The monoisotopic (exact) mass is 183 g/mol. The lowest BCUT2D eigenvalue weighted by atomic mass is 9.89. The summed E-state index contributed by atoms with van der Waals surface area (Å²) in [6.45, 7) is 7.13. The Balaban J connectivity index is 2.19. The lowest BCUT2D eigenvalue weighted by molar-refractivity contribution is 0.322. The Hall–Kier alpha value is -0.0400. The van der Waals surface area contributed by atoms with Crippen LogP contribution in [0.4, 0.5) is 0 Å². The van der Waals surface area contributed by atoms with Gasteiger partial charge in [-0.3, -0.25) is 0 Å². The molecule has 0 bridgehead atoms. The average molecular weight is 183 g/mol. The predicted octanol–water partition coefficient (Wildman–Crippen LogP) is 3.20. The van der Waals surface area contributed by atoms with Crippen molar-refractivity contribution in [3.63, 3.8) is 0 Å². The molecule has 0 spiro atoms. The maximum Gasteiger partial charge on any atom is -0.00180 e. The second-order valence-corrected chi connectivity index (χ2v) is 4.58. The Morgan fingerprint density at radius 1 is 1.15 bits per heavy atom. The fourth-order valence-electron chi connectivity index (χ4n) is 2.34. The van der Waals surface area contributed by atoms with Crippen LogP contribution >= 0.6 is 0 Å². The quantitative estimate of drug-likeness (QED) is 0.521. The summed E-state index contributed by atoms with van der Waals surface area (Å²) in [5, 5.41) is 3.56. The minimum atomic E-state index is 0.951. The lowest BCUT2D eigenvalue weighted by Gasteiger charge is -2.21. The first kappa shape index (κ1) is 11.0. The third-order valence-corrected chi connectivity index (χ3v) is 3.37. The maximum absolute atomic E-state index is 3.56. The molecule has 0 aromatic carbocycles. The molecular formula is C12H25N. The van der Waals surface area contributed by atoms with Crippen molar-refractivity contribution >= 4 is 0 Å². The van der Waals surface area contributed by atoms with Crippen LogP contribution in [0.3, 0.4) is 0 Å². The topological polar surface area (TPSA) is 12.0 Å². The van der Waals surface area contributed by atoms with E-state index >= 15 is 0 Å². The summed E-state index contributed by atoms with van der Waals surface area (Å²) >= 11 is 0. The van der Waals surface area contributed by atoms with Crippen LogP contribution < -0.4 is 5.32 Å². The first-order valence-corrected chi connectivity index (χ1v) is 6.05. The number of hydrogen-bond donors (Lipinski definition) is 1. The molecule has 1 N–H and O–H groups in total. The normalized spacial score (nSPS) is 30.0.